The second-order valence-electron chi connectivity index (χ2n) is 5.75. The first-order valence-corrected chi connectivity index (χ1v) is 7.32. The third kappa shape index (κ3) is 3.92. The number of benzene rings is 1. The largest absolute Gasteiger partial charge is 0.435 e. The van der Waals surface area contributed by atoms with Crippen LogP contribution in [-0.2, 0) is 0 Å². The summed E-state index contributed by atoms with van der Waals surface area (Å²) < 4.78 is 28.7. The van der Waals surface area contributed by atoms with E-state index in [9.17, 15) is 8.78 Å². The number of halogens is 2. The van der Waals surface area contributed by atoms with Crippen LogP contribution in [0.4, 0.5) is 8.78 Å². The van der Waals surface area contributed by atoms with Crippen molar-refractivity contribution in [2.45, 2.75) is 45.3 Å². The van der Waals surface area contributed by atoms with Crippen LogP contribution in [0.2, 0.25) is 0 Å². The standard InChI is InChI=1S/C16H23F2NO/c1-11-4-3-5-13(10-11)15(19-2)12-6-8-14(9-7-12)20-16(17)18/h6-9,11,13,15-16,19H,3-5,10H2,1-2H3. The van der Waals surface area contributed by atoms with Crippen molar-refractivity contribution in [3.63, 3.8) is 0 Å². The maximum atomic E-state index is 12.1. The molecule has 4 heteroatoms. The van der Waals surface area contributed by atoms with Gasteiger partial charge in [0.05, 0.1) is 0 Å². The van der Waals surface area contributed by atoms with E-state index in [4.69, 9.17) is 0 Å². The minimum atomic E-state index is -2.76. The third-order valence-corrected chi connectivity index (χ3v) is 4.22. The van der Waals surface area contributed by atoms with E-state index in [1.54, 1.807) is 12.1 Å². The first kappa shape index (κ1) is 15.2. The molecule has 0 heterocycles. The highest BCUT2D eigenvalue weighted by molar-refractivity contribution is 5.29. The van der Waals surface area contributed by atoms with Gasteiger partial charge in [-0.2, -0.15) is 8.78 Å². The fourth-order valence-electron chi connectivity index (χ4n) is 3.31. The van der Waals surface area contributed by atoms with Crippen molar-refractivity contribution >= 4 is 0 Å². The van der Waals surface area contributed by atoms with Crippen LogP contribution >= 0.6 is 0 Å². The van der Waals surface area contributed by atoms with Crippen LogP contribution in [-0.4, -0.2) is 13.7 Å². The molecule has 1 N–H and O–H groups in total. The molecule has 3 atom stereocenters. The summed E-state index contributed by atoms with van der Waals surface area (Å²) in [5.41, 5.74) is 1.15. The van der Waals surface area contributed by atoms with E-state index < -0.39 is 6.61 Å². The maximum absolute atomic E-state index is 12.1. The van der Waals surface area contributed by atoms with E-state index in [-0.39, 0.29) is 5.75 Å². The van der Waals surface area contributed by atoms with E-state index in [2.05, 4.69) is 17.0 Å². The second-order valence-corrected chi connectivity index (χ2v) is 5.75. The molecule has 112 valence electrons. The van der Waals surface area contributed by atoms with Gasteiger partial charge in [-0.1, -0.05) is 31.9 Å². The van der Waals surface area contributed by atoms with Crippen LogP contribution in [0.3, 0.4) is 0 Å². The van der Waals surface area contributed by atoms with Crippen LogP contribution in [0.1, 0.15) is 44.2 Å². The Balaban J connectivity index is 2.07. The van der Waals surface area contributed by atoms with Crippen LogP contribution in [0, 0.1) is 11.8 Å². The Morgan fingerprint density at radius 1 is 1.20 bits per heavy atom. The first-order chi connectivity index (χ1) is 9.60. The Labute approximate surface area is 119 Å². The van der Waals surface area contributed by atoms with Gasteiger partial charge in [-0.3, -0.25) is 0 Å². The molecule has 1 aromatic rings. The summed E-state index contributed by atoms with van der Waals surface area (Å²) in [7, 11) is 1.97. The SMILES string of the molecule is CNC(c1ccc(OC(F)F)cc1)C1CCCC(C)C1. The van der Waals surface area contributed by atoms with Crippen molar-refractivity contribution in [1.29, 1.82) is 0 Å². The summed E-state index contributed by atoms with van der Waals surface area (Å²) in [4.78, 5) is 0. The highest BCUT2D eigenvalue weighted by atomic mass is 19.3. The Hall–Kier alpha value is -1.16. The zero-order valence-corrected chi connectivity index (χ0v) is 12.1. The lowest BCUT2D eigenvalue weighted by Crippen LogP contribution is -2.28. The predicted molar refractivity (Wildman–Crippen MR) is 76.0 cm³/mol. The number of ether oxygens (including phenoxy) is 1. The molecule has 0 spiro atoms. The Morgan fingerprint density at radius 3 is 2.45 bits per heavy atom. The molecule has 1 aliphatic carbocycles. The summed E-state index contributed by atoms with van der Waals surface area (Å²) >= 11 is 0. The molecule has 1 saturated carbocycles. The van der Waals surface area contributed by atoms with Crippen molar-refractivity contribution in [3.8, 4) is 5.75 Å². The van der Waals surface area contributed by atoms with Crippen molar-refractivity contribution in [2.24, 2.45) is 11.8 Å². The fraction of sp³-hybridized carbons (Fsp3) is 0.625. The summed E-state index contributed by atoms with van der Waals surface area (Å²) in [6.45, 7) is -0.460. The molecule has 0 bridgehead atoms. The monoisotopic (exact) mass is 283 g/mol. The van der Waals surface area contributed by atoms with Gasteiger partial charge in [-0.25, -0.2) is 0 Å². The molecule has 0 radical (unpaired) electrons. The van der Waals surface area contributed by atoms with E-state index in [0.717, 1.165) is 11.5 Å². The first-order valence-electron chi connectivity index (χ1n) is 7.32. The molecule has 0 saturated heterocycles. The van der Waals surface area contributed by atoms with Gasteiger partial charge in [-0.05, 0) is 49.4 Å². The molecule has 2 rings (SSSR count). The topological polar surface area (TPSA) is 21.3 Å². The molecule has 1 aliphatic rings. The quantitative estimate of drug-likeness (QED) is 0.866. The number of hydrogen-bond acceptors (Lipinski definition) is 2. The number of nitrogens with one attached hydrogen (secondary N) is 1. The minimum Gasteiger partial charge on any atom is -0.435 e. The molecular weight excluding hydrogens is 260 g/mol. The molecular formula is C16H23F2NO. The van der Waals surface area contributed by atoms with E-state index in [1.807, 2.05) is 19.2 Å². The van der Waals surface area contributed by atoms with E-state index in [0.29, 0.717) is 12.0 Å². The van der Waals surface area contributed by atoms with Crippen LogP contribution in [0.15, 0.2) is 24.3 Å². The summed E-state index contributed by atoms with van der Waals surface area (Å²) in [6.07, 6.45) is 5.04. The van der Waals surface area contributed by atoms with Crippen LogP contribution in [0.25, 0.3) is 0 Å². The van der Waals surface area contributed by atoms with Gasteiger partial charge in [0.25, 0.3) is 0 Å². The lowest BCUT2D eigenvalue weighted by atomic mass is 9.77. The molecule has 3 unspecified atom stereocenters. The highest BCUT2D eigenvalue weighted by Gasteiger charge is 2.26. The zero-order valence-electron chi connectivity index (χ0n) is 12.1. The van der Waals surface area contributed by atoms with E-state index in [1.165, 1.54) is 25.7 Å². The average molecular weight is 283 g/mol. The Kier molecular flexibility index (Phi) is 5.35. The molecule has 0 aromatic heterocycles. The molecule has 20 heavy (non-hydrogen) atoms. The van der Waals surface area contributed by atoms with Gasteiger partial charge in [0.2, 0.25) is 0 Å². The lowest BCUT2D eigenvalue weighted by Gasteiger charge is -2.33. The normalized spacial score (nSPS) is 24.6. The number of alkyl halides is 2. The number of hydrogen-bond donors (Lipinski definition) is 1. The Morgan fingerprint density at radius 2 is 1.90 bits per heavy atom. The van der Waals surface area contributed by atoms with Gasteiger partial charge >= 0.3 is 6.61 Å². The van der Waals surface area contributed by atoms with E-state index >= 15 is 0 Å². The summed E-state index contributed by atoms with van der Waals surface area (Å²) in [5.74, 6) is 1.60. The number of rotatable bonds is 5. The highest BCUT2D eigenvalue weighted by Crippen LogP contribution is 2.37. The fourth-order valence-corrected chi connectivity index (χ4v) is 3.31. The zero-order chi connectivity index (χ0) is 14.5. The molecule has 0 aliphatic heterocycles. The van der Waals surface area contributed by atoms with Gasteiger partial charge < -0.3 is 10.1 Å². The molecule has 1 fully saturated rings. The van der Waals surface area contributed by atoms with Gasteiger partial charge in [0, 0.05) is 6.04 Å². The van der Waals surface area contributed by atoms with Crippen LogP contribution in [0.5, 0.6) is 5.75 Å². The van der Waals surface area contributed by atoms with Crippen molar-refractivity contribution in [2.75, 3.05) is 7.05 Å². The predicted octanol–water partition coefficient (Wildman–Crippen LogP) is 4.37. The third-order valence-electron chi connectivity index (χ3n) is 4.22. The van der Waals surface area contributed by atoms with Gasteiger partial charge in [-0.15, -0.1) is 0 Å². The molecule has 1 aromatic carbocycles. The Bertz CT molecular complexity index is 407. The average Bonchev–Trinajstić information content (AvgIpc) is 2.41. The minimum absolute atomic E-state index is 0.218. The summed E-state index contributed by atoms with van der Waals surface area (Å²) in [6, 6.07) is 7.31. The van der Waals surface area contributed by atoms with Crippen molar-refractivity contribution in [1.82, 2.24) is 5.32 Å². The molecule has 2 nitrogen and oxygen atoms in total. The van der Waals surface area contributed by atoms with Crippen LogP contribution < -0.4 is 10.1 Å². The molecule has 0 amide bonds. The van der Waals surface area contributed by atoms with Crippen molar-refractivity contribution in [3.05, 3.63) is 29.8 Å². The lowest BCUT2D eigenvalue weighted by molar-refractivity contribution is -0.0498. The second kappa shape index (κ2) is 7.02. The van der Waals surface area contributed by atoms with Gasteiger partial charge in [0.15, 0.2) is 0 Å². The van der Waals surface area contributed by atoms with Crippen molar-refractivity contribution < 1.29 is 13.5 Å². The van der Waals surface area contributed by atoms with Gasteiger partial charge in [0.1, 0.15) is 5.75 Å². The maximum Gasteiger partial charge on any atom is 0.387 e. The smallest absolute Gasteiger partial charge is 0.387 e. The summed E-state index contributed by atoms with van der Waals surface area (Å²) in [5, 5.41) is 3.38.